The van der Waals surface area contributed by atoms with E-state index in [2.05, 4.69) is 6.92 Å². The quantitative estimate of drug-likeness (QED) is 0.927. The van der Waals surface area contributed by atoms with Crippen molar-refractivity contribution in [3.8, 4) is 5.75 Å². The van der Waals surface area contributed by atoms with Crippen LogP contribution in [0.1, 0.15) is 44.6 Å². The zero-order chi connectivity index (χ0) is 14.1. The van der Waals surface area contributed by atoms with Crippen molar-refractivity contribution < 1.29 is 13.2 Å². The average molecular weight is 283 g/mol. The lowest BCUT2D eigenvalue weighted by molar-refractivity contribution is 0.318. The Morgan fingerprint density at radius 2 is 1.84 bits per heavy atom. The molecule has 1 aromatic carbocycles. The maximum absolute atomic E-state index is 11.6. The Morgan fingerprint density at radius 3 is 2.37 bits per heavy atom. The minimum absolute atomic E-state index is 0.0456. The molecule has 0 saturated heterocycles. The van der Waals surface area contributed by atoms with E-state index >= 15 is 0 Å². The summed E-state index contributed by atoms with van der Waals surface area (Å²) in [6.07, 6.45) is 5.81. The number of ether oxygens (including phenoxy) is 1. The van der Waals surface area contributed by atoms with Crippen LogP contribution in [0.4, 0.5) is 0 Å². The maximum atomic E-state index is 11.6. The first kappa shape index (κ1) is 14.3. The predicted molar refractivity (Wildman–Crippen MR) is 74.8 cm³/mol. The third-order valence-corrected chi connectivity index (χ3v) is 5.06. The second kappa shape index (κ2) is 5.13. The van der Waals surface area contributed by atoms with E-state index in [4.69, 9.17) is 9.88 Å². The molecule has 2 N–H and O–H groups in total. The Balaban J connectivity index is 2.49. The lowest BCUT2D eigenvalue weighted by Gasteiger charge is -2.34. The van der Waals surface area contributed by atoms with Crippen LogP contribution in [0.3, 0.4) is 0 Å². The van der Waals surface area contributed by atoms with Crippen LogP contribution in [0, 0.1) is 0 Å². The molecule has 0 heterocycles. The highest BCUT2D eigenvalue weighted by Gasteiger charge is 2.30. The summed E-state index contributed by atoms with van der Waals surface area (Å²) in [5.74, 6) is 0.311. The molecule has 0 atom stereocenters. The summed E-state index contributed by atoms with van der Waals surface area (Å²) in [6.45, 7) is 2.20. The molecule has 19 heavy (non-hydrogen) atoms. The summed E-state index contributed by atoms with van der Waals surface area (Å²) in [5, 5.41) is 5.27. The van der Waals surface area contributed by atoms with Gasteiger partial charge in [0.05, 0.1) is 7.11 Å². The fraction of sp³-hybridized carbons (Fsp3) is 0.571. The largest absolute Gasteiger partial charge is 0.495 e. The molecule has 0 aliphatic heterocycles. The highest BCUT2D eigenvalue weighted by atomic mass is 32.2. The summed E-state index contributed by atoms with van der Waals surface area (Å²) in [6, 6.07) is 5.34. The number of primary sulfonamides is 1. The van der Waals surface area contributed by atoms with Gasteiger partial charge in [-0.25, -0.2) is 13.6 Å². The zero-order valence-electron chi connectivity index (χ0n) is 11.5. The van der Waals surface area contributed by atoms with E-state index in [1.807, 2.05) is 6.07 Å². The monoisotopic (exact) mass is 283 g/mol. The van der Waals surface area contributed by atoms with Crippen LogP contribution >= 0.6 is 0 Å². The first-order valence-corrected chi connectivity index (χ1v) is 8.13. The lowest BCUT2D eigenvalue weighted by atomic mass is 9.71. The smallest absolute Gasteiger partial charge is 0.241 e. The number of methoxy groups -OCH3 is 1. The number of rotatable bonds is 3. The molecule has 1 aromatic rings. The second-order valence-corrected chi connectivity index (χ2v) is 7.06. The van der Waals surface area contributed by atoms with Gasteiger partial charge in [-0.1, -0.05) is 32.3 Å². The van der Waals surface area contributed by atoms with Crippen LogP contribution < -0.4 is 9.88 Å². The molecule has 0 spiro atoms. The van der Waals surface area contributed by atoms with Crippen molar-refractivity contribution in [2.75, 3.05) is 7.11 Å². The van der Waals surface area contributed by atoms with Gasteiger partial charge in [-0.05, 0) is 36.0 Å². The first-order valence-electron chi connectivity index (χ1n) is 6.58. The van der Waals surface area contributed by atoms with Gasteiger partial charge in [0.25, 0.3) is 0 Å². The maximum Gasteiger partial charge on any atom is 0.241 e. The summed E-state index contributed by atoms with van der Waals surface area (Å²) in [7, 11) is -2.31. The van der Waals surface area contributed by atoms with E-state index in [1.165, 1.54) is 26.4 Å². The Kier molecular flexibility index (Phi) is 3.87. The molecule has 1 saturated carbocycles. The summed E-state index contributed by atoms with van der Waals surface area (Å²) < 4.78 is 28.4. The van der Waals surface area contributed by atoms with Crippen molar-refractivity contribution in [1.29, 1.82) is 0 Å². The van der Waals surface area contributed by atoms with Crippen LogP contribution in [-0.2, 0) is 15.4 Å². The van der Waals surface area contributed by atoms with E-state index in [9.17, 15) is 8.42 Å². The van der Waals surface area contributed by atoms with Gasteiger partial charge in [-0.2, -0.15) is 0 Å². The molecule has 5 heteroatoms. The summed E-state index contributed by atoms with van der Waals surface area (Å²) >= 11 is 0. The minimum atomic E-state index is -3.76. The number of hydrogen-bond acceptors (Lipinski definition) is 3. The van der Waals surface area contributed by atoms with Crippen LogP contribution in [0.15, 0.2) is 23.1 Å². The highest BCUT2D eigenvalue weighted by Crippen LogP contribution is 2.40. The van der Waals surface area contributed by atoms with Crippen LogP contribution in [0.5, 0.6) is 5.75 Å². The molecule has 1 aliphatic carbocycles. The molecule has 1 fully saturated rings. The van der Waals surface area contributed by atoms with Gasteiger partial charge in [0.1, 0.15) is 10.6 Å². The topological polar surface area (TPSA) is 69.4 Å². The Bertz CT molecular complexity index is 560. The van der Waals surface area contributed by atoms with E-state index in [1.54, 1.807) is 12.1 Å². The number of sulfonamides is 1. The van der Waals surface area contributed by atoms with Gasteiger partial charge < -0.3 is 4.74 Å². The lowest BCUT2D eigenvalue weighted by Crippen LogP contribution is -2.25. The number of hydrogen-bond donors (Lipinski definition) is 1. The van der Waals surface area contributed by atoms with Gasteiger partial charge in [-0.3, -0.25) is 0 Å². The zero-order valence-corrected chi connectivity index (χ0v) is 12.3. The van der Waals surface area contributed by atoms with E-state index in [0.717, 1.165) is 18.4 Å². The third-order valence-electron chi connectivity index (χ3n) is 4.12. The molecule has 0 unspecified atom stereocenters. The van der Waals surface area contributed by atoms with E-state index in [-0.39, 0.29) is 10.3 Å². The number of benzene rings is 1. The third kappa shape index (κ3) is 2.92. The fourth-order valence-electron chi connectivity index (χ4n) is 2.90. The summed E-state index contributed by atoms with van der Waals surface area (Å²) in [5.41, 5.74) is 1.08. The molecule has 0 amide bonds. The van der Waals surface area contributed by atoms with Crippen molar-refractivity contribution in [2.45, 2.75) is 49.3 Å². The fourth-order valence-corrected chi connectivity index (χ4v) is 3.62. The minimum Gasteiger partial charge on any atom is -0.495 e. The van der Waals surface area contributed by atoms with Gasteiger partial charge >= 0.3 is 0 Å². The Labute approximate surface area is 115 Å². The normalized spacial score (nSPS) is 19.1. The Morgan fingerprint density at radius 1 is 1.21 bits per heavy atom. The highest BCUT2D eigenvalue weighted by molar-refractivity contribution is 7.89. The van der Waals surface area contributed by atoms with Crippen molar-refractivity contribution >= 4 is 10.0 Å². The van der Waals surface area contributed by atoms with Crippen LogP contribution in [0.25, 0.3) is 0 Å². The van der Waals surface area contributed by atoms with Crippen molar-refractivity contribution in [3.05, 3.63) is 23.8 Å². The molecule has 0 aromatic heterocycles. The van der Waals surface area contributed by atoms with E-state index < -0.39 is 10.0 Å². The summed E-state index contributed by atoms with van der Waals surface area (Å²) in [4.78, 5) is 0.0827. The van der Waals surface area contributed by atoms with Crippen molar-refractivity contribution in [1.82, 2.24) is 0 Å². The molecular weight excluding hydrogens is 262 g/mol. The molecule has 0 radical (unpaired) electrons. The van der Waals surface area contributed by atoms with Crippen LogP contribution in [0.2, 0.25) is 0 Å². The molecule has 106 valence electrons. The standard InChI is InChI=1S/C14H21NO3S/c1-14(8-4-3-5-9-14)11-6-7-12(18-2)13(10-11)19(15,16)17/h6-7,10H,3-5,8-9H2,1-2H3,(H2,15,16,17). The van der Waals surface area contributed by atoms with Gasteiger partial charge in [0, 0.05) is 0 Å². The average Bonchev–Trinajstić information content (AvgIpc) is 2.38. The Hall–Kier alpha value is -1.07. The van der Waals surface area contributed by atoms with Crippen LogP contribution in [-0.4, -0.2) is 15.5 Å². The molecule has 1 aliphatic rings. The predicted octanol–water partition coefficient (Wildman–Crippen LogP) is 2.56. The van der Waals surface area contributed by atoms with Gasteiger partial charge in [0.2, 0.25) is 10.0 Å². The van der Waals surface area contributed by atoms with Crippen molar-refractivity contribution in [3.63, 3.8) is 0 Å². The molecular formula is C14H21NO3S. The second-order valence-electron chi connectivity index (χ2n) is 5.53. The molecule has 0 bridgehead atoms. The van der Waals surface area contributed by atoms with E-state index in [0.29, 0.717) is 5.75 Å². The number of nitrogens with two attached hydrogens (primary N) is 1. The van der Waals surface area contributed by atoms with Gasteiger partial charge in [0.15, 0.2) is 0 Å². The SMILES string of the molecule is COc1ccc(C2(C)CCCCC2)cc1S(N)(=O)=O. The van der Waals surface area contributed by atoms with Crippen molar-refractivity contribution in [2.24, 2.45) is 5.14 Å². The molecule has 2 rings (SSSR count). The first-order chi connectivity index (χ1) is 8.87. The van der Waals surface area contributed by atoms with Gasteiger partial charge in [-0.15, -0.1) is 0 Å². The molecule has 4 nitrogen and oxygen atoms in total.